The van der Waals surface area contributed by atoms with Crippen molar-refractivity contribution in [1.82, 2.24) is 0 Å². The van der Waals surface area contributed by atoms with Gasteiger partial charge >= 0.3 is 12.4 Å². The molecule has 160 valence electrons. The summed E-state index contributed by atoms with van der Waals surface area (Å²) in [5.74, 6) is -0.212. The minimum Gasteiger partial charge on any atom is -0.496 e. The SMILES string of the molecule is COc1cc(OCCCC(F)(F)F)ccc1C(=N[S@](=O)C(C)(C)C)C(F)(F)F. The van der Waals surface area contributed by atoms with Gasteiger partial charge in [-0.15, -0.1) is 0 Å². The molecule has 0 radical (unpaired) electrons. The van der Waals surface area contributed by atoms with E-state index in [2.05, 4.69) is 4.40 Å². The van der Waals surface area contributed by atoms with Crippen molar-refractivity contribution in [1.29, 1.82) is 0 Å². The molecule has 1 rings (SSSR count). The Labute approximate surface area is 161 Å². The molecule has 0 amide bonds. The Morgan fingerprint density at radius 1 is 1.11 bits per heavy atom. The summed E-state index contributed by atoms with van der Waals surface area (Å²) in [6.07, 6.45) is -10.5. The lowest BCUT2D eigenvalue weighted by Gasteiger charge is -2.18. The molecule has 0 bridgehead atoms. The minimum absolute atomic E-state index is 0.0428. The highest BCUT2D eigenvalue weighted by Gasteiger charge is 2.40. The lowest BCUT2D eigenvalue weighted by atomic mass is 10.1. The molecular weight excluding hydrogens is 412 g/mol. The van der Waals surface area contributed by atoms with E-state index in [0.717, 1.165) is 25.3 Å². The van der Waals surface area contributed by atoms with Gasteiger partial charge in [-0.2, -0.15) is 30.7 Å². The van der Waals surface area contributed by atoms with Gasteiger partial charge in [-0.05, 0) is 39.3 Å². The molecule has 0 spiro atoms. The summed E-state index contributed by atoms with van der Waals surface area (Å²) in [4.78, 5) is 0. The highest BCUT2D eigenvalue weighted by atomic mass is 32.2. The van der Waals surface area contributed by atoms with Crippen LogP contribution in [0.25, 0.3) is 0 Å². The molecule has 0 unspecified atom stereocenters. The predicted molar refractivity (Wildman–Crippen MR) is 94.3 cm³/mol. The number of benzene rings is 1. The van der Waals surface area contributed by atoms with Crippen molar-refractivity contribution in [2.75, 3.05) is 13.7 Å². The van der Waals surface area contributed by atoms with Crippen LogP contribution in [-0.2, 0) is 11.0 Å². The maximum atomic E-state index is 13.5. The lowest BCUT2D eigenvalue weighted by Crippen LogP contribution is -2.28. The van der Waals surface area contributed by atoms with E-state index in [1.165, 1.54) is 20.8 Å². The van der Waals surface area contributed by atoms with Crippen LogP contribution in [0.2, 0.25) is 0 Å². The summed E-state index contributed by atoms with van der Waals surface area (Å²) in [5, 5.41) is 0. The topological polar surface area (TPSA) is 47.9 Å². The maximum Gasteiger partial charge on any atom is 0.434 e. The van der Waals surface area contributed by atoms with E-state index in [1.54, 1.807) is 0 Å². The van der Waals surface area contributed by atoms with Crippen LogP contribution in [-0.4, -0.2) is 40.7 Å². The third-order valence-electron chi connectivity index (χ3n) is 3.27. The number of hydrogen-bond donors (Lipinski definition) is 0. The lowest BCUT2D eigenvalue weighted by molar-refractivity contribution is -0.136. The molecule has 0 aliphatic rings. The Bertz CT molecular complexity index is 723. The molecule has 1 aromatic rings. The molecule has 11 heteroatoms. The zero-order valence-corrected chi connectivity index (χ0v) is 16.5. The average Bonchev–Trinajstić information content (AvgIpc) is 2.53. The molecule has 28 heavy (non-hydrogen) atoms. The summed E-state index contributed by atoms with van der Waals surface area (Å²) < 4.78 is 101. The van der Waals surface area contributed by atoms with E-state index in [9.17, 15) is 30.6 Å². The van der Waals surface area contributed by atoms with Crippen molar-refractivity contribution in [2.24, 2.45) is 4.40 Å². The number of hydrogen-bond acceptors (Lipinski definition) is 3. The van der Waals surface area contributed by atoms with E-state index in [4.69, 9.17) is 9.47 Å². The molecule has 1 aromatic carbocycles. The van der Waals surface area contributed by atoms with Gasteiger partial charge in [0.1, 0.15) is 22.5 Å². The number of halogens is 6. The largest absolute Gasteiger partial charge is 0.496 e. The molecule has 0 saturated heterocycles. The minimum atomic E-state index is -4.90. The van der Waals surface area contributed by atoms with Gasteiger partial charge in [0.15, 0.2) is 5.71 Å². The second kappa shape index (κ2) is 9.15. The fraction of sp³-hybridized carbons (Fsp3) is 0.588. The van der Waals surface area contributed by atoms with Crippen LogP contribution in [0.4, 0.5) is 26.3 Å². The van der Waals surface area contributed by atoms with Crippen LogP contribution in [0.3, 0.4) is 0 Å². The quantitative estimate of drug-likeness (QED) is 0.336. The normalized spacial score (nSPS) is 14.7. The first-order valence-electron chi connectivity index (χ1n) is 8.11. The zero-order valence-electron chi connectivity index (χ0n) is 15.7. The molecule has 0 fully saturated rings. The standard InChI is InChI=1S/C17H21F6NO3S/c1-15(2,3)28(25)24-14(17(21,22)23)12-7-6-11(10-13(12)26-4)27-9-5-8-16(18,19)20/h6-7,10H,5,8-9H2,1-4H3/t28-/m1/s1. The molecule has 0 heterocycles. The molecule has 1 atom stereocenters. The van der Waals surface area contributed by atoms with Gasteiger partial charge in [-0.25, -0.2) is 4.21 Å². The van der Waals surface area contributed by atoms with E-state index in [0.29, 0.717) is 0 Å². The molecule has 4 nitrogen and oxygen atoms in total. The van der Waals surface area contributed by atoms with Crippen LogP contribution in [0.15, 0.2) is 22.6 Å². The zero-order chi connectivity index (χ0) is 21.8. The van der Waals surface area contributed by atoms with Crippen LogP contribution in [0.5, 0.6) is 11.5 Å². The van der Waals surface area contributed by atoms with E-state index in [-0.39, 0.29) is 24.5 Å². The number of alkyl halides is 6. The summed E-state index contributed by atoms with van der Waals surface area (Å²) in [7, 11) is -1.04. The average molecular weight is 433 g/mol. The Kier molecular flexibility index (Phi) is 7.92. The summed E-state index contributed by atoms with van der Waals surface area (Å²) in [6.45, 7) is 4.18. The molecule has 0 saturated carbocycles. The first kappa shape index (κ1) is 24.3. The van der Waals surface area contributed by atoms with Crippen LogP contribution < -0.4 is 9.47 Å². The van der Waals surface area contributed by atoms with Gasteiger partial charge in [-0.1, -0.05) is 0 Å². The number of methoxy groups -OCH3 is 1. The van der Waals surface area contributed by atoms with Crippen molar-refractivity contribution < 1.29 is 40.0 Å². The molecule has 0 aromatic heterocycles. The fourth-order valence-electron chi connectivity index (χ4n) is 1.89. The number of rotatable bonds is 7. The van der Waals surface area contributed by atoms with Gasteiger partial charge in [0, 0.05) is 18.1 Å². The number of nitrogens with zero attached hydrogens (tertiary/aromatic N) is 1. The third kappa shape index (κ3) is 7.69. The number of ether oxygens (including phenoxy) is 2. The molecule has 0 aliphatic carbocycles. The van der Waals surface area contributed by atoms with Gasteiger partial charge in [0.2, 0.25) is 0 Å². The van der Waals surface area contributed by atoms with Crippen molar-refractivity contribution in [3.05, 3.63) is 23.8 Å². The third-order valence-corrected chi connectivity index (χ3v) is 4.66. The van der Waals surface area contributed by atoms with Crippen molar-refractivity contribution >= 4 is 16.7 Å². The van der Waals surface area contributed by atoms with Crippen LogP contribution in [0.1, 0.15) is 39.2 Å². The van der Waals surface area contributed by atoms with Crippen LogP contribution in [0, 0.1) is 0 Å². The van der Waals surface area contributed by atoms with E-state index < -0.39 is 45.8 Å². The maximum absolute atomic E-state index is 13.5. The Balaban J connectivity index is 3.14. The summed E-state index contributed by atoms with van der Waals surface area (Å²) in [6, 6.07) is 3.29. The smallest absolute Gasteiger partial charge is 0.434 e. The van der Waals surface area contributed by atoms with E-state index >= 15 is 0 Å². The summed E-state index contributed by atoms with van der Waals surface area (Å²) in [5.41, 5.74) is -1.82. The van der Waals surface area contributed by atoms with Crippen molar-refractivity contribution in [3.8, 4) is 11.5 Å². The van der Waals surface area contributed by atoms with Gasteiger partial charge in [0.25, 0.3) is 0 Å². The second-order valence-corrected chi connectivity index (χ2v) is 8.63. The van der Waals surface area contributed by atoms with Gasteiger partial charge < -0.3 is 9.47 Å². The second-order valence-electron chi connectivity index (χ2n) is 6.73. The molecule has 0 N–H and O–H groups in total. The Morgan fingerprint density at radius 3 is 2.18 bits per heavy atom. The van der Waals surface area contributed by atoms with Crippen LogP contribution >= 0.6 is 0 Å². The predicted octanol–water partition coefficient (Wildman–Crippen LogP) is 5.23. The molecule has 0 aliphatic heterocycles. The highest BCUT2D eigenvalue weighted by molar-refractivity contribution is 7.85. The van der Waals surface area contributed by atoms with Gasteiger partial charge in [0.05, 0.1) is 18.5 Å². The van der Waals surface area contributed by atoms with E-state index in [1.807, 2.05) is 0 Å². The Morgan fingerprint density at radius 2 is 1.71 bits per heavy atom. The first-order valence-corrected chi connectivity index (χ1v) is 9.21. The summed E-state index contributed by atoms with van der Waals surface area (Å²) >= 11 is 0. The van der Waals surface area contributed by atoms with Crippen molar-refractivity contribution in [2.45, 2.75) is 50.7 Å². The Hall–Kier alpha value is -1.78. The van der Waals surface area contributed by atoms with Crippen molar-refractivity contribution in [3.63, 3.8) is 0 Å². The highest BCUT2D eigenvalue weighted by Crippen LogP contribution is 2.33. The first-order chi connectivity index (χ1) is 12.6. The van der Waals surface area contributed by atoms with Gasteiger partial charge in [-0.3, -0.25) is 0 Å². The molecular formula is C17H21F6NO3S. The monoisotopic (exact) mass is 433 g/mol. The fourth-order valence-corrected chi connectivity index (χ4v) is 2.53.